The Hall–Kier alpha value is -2.18. The maximum absolute atomic E-state index is 11.6. The van der Waals surface area contributed by atoms with E-state index in [1.807, 2.05) is 0 Å². The van der Waals surface area contributed by atoms with Crippen molar-refractivity contribution in [1.82, 2.24) is 4.57 Å². The number of nitrogens with zero attached hydrogens (tertiary/aromatic N) is 2. The predicted octanol–water partition coefficient (Wildman–Crippen LogP) is 1.40. The van der Waals surface area contributed by atoms with Crippen molar-refractivity contribution in [1.29, 1.82) is 0 Å². The molecule has 0 fully saturated rings. The van der Waals surface area contributed by atoms with Gasteiger partial charge in [-0.25, -0.2) is 0 Å². The number of nitro groups is 1. The number of aryl methyl sites for hydroxylation is 1. The molecule has 7 heteroatoms. The van der Waals surface area contributed by atoms with Crippen LogP contribution in [0.4, 0.5) is 5.69 Å². The van der Waals surface area contributed by atoms with Gasteiger partial charge < -0.3 is 9.67 Å². The van der Waals surface area contributed by atoms with Crippen molar-refractivity contribution in [3.63, 3.8) is 0 Å². The molecule has 0 saturated carbocycles. The number of aliphatic carboxylic acids is 1. The highest BCUT2D eigenvalue weighted by molar-refractivity contribution is 5.66. The van der Waals surface area contributed by atoms with Crippen LogP contribution >= 0.6 is 0 Å². The van der Waals surface area contributed by atoms with Crippen LogP contribution in [0.5, 0.6) is 0 Å². The van der Waals surface area contributed by atoms with Crippen LogP contribution in [0.3, 0.4) is 0 Å². The number of rotatable bonds is 7. The van der Waals surface area contributed by atoms with E-state index >= 15 is 0 Å². The van der Waals surface area contributed by atoms with Crippen molar-refractivity contribution in [2.24, 2.45) is 0 Å². The van der Waals surface area contributed by atoms with E-state index in [9.17, 15) is 19.7 Å². The van der Waals surface area contributed by atoms with Gasteiger partial charge in [0.25, 0.3) is 0 Å². The van der Waals surface area contributed by atoms with Gasteiger partial charge in [-0.05, 0) is 18.9 Å². The maximum atomic E-state index is 11.6. The molecule has 0 unspecified atom stereocenters. The van der Waals surface area contributed by atoms with Crippen LogP contribution in [0, 0.1) is 10.1 Å². The van der Waals surface area contributed by atoms with Gasteiger partial charge in [-0.3, -0.25) is 19.7 Å². The molecule has 1 heterocycles. The fourth-order valence-electron chi connectivity index (χ4n) is 1.57. The molecule has 0 atom stereocenters. The molecular weight excluding hydrogens is 240 g/mol. The molecule has 0 saturated heterocycles. The summed E-state index contributed by atoms with van der Waals surface area (Å²) in [5.74, 6) is -0.845. The lowest BCUT2D eigenvalue weighted by atomic mass is 10.2. The summed E-state index contributed by atoms with van der Waals surface area (Å²) in [6.07, 6.45) is 3.42. The third kappa shape index (κ3) is 4.00. The molecule has 0 aromatic carbocycles. The SMILES string of the molecule is O=C(O)CCCCCn1cccc([N+](=O)[O-])c1=O. The van der Waals surface area contributed by atoms with Crippen molar-refractivity contribution in [3.8, 4) is 0 Å². The number of hydrogen-bond acceptors (Lipinski definition) is 4. The van der Waals surface area contributed by atoms with Crippen LogP contribution in [0.25, 0.3) is 0 Å². The van der Waals surface area contributed by atoms with E-state index in [4.69, 9.17) is 5.11 Å². The summed E-state index contributed by atoms with van der Waals surface area (Å²) in [6, 6.07) is 2.63. The third-order valence-electron chi connectivity index (χ3n) is 2.49. The van der Waals surface area contributed by atoms with E-state index in [2.05, 4.69) is 0 Å². The number of hydrogen-bond donors (Lipinski definition) is 1. The van der Waals surface area contributed by atoms with Gasteiger partial charge in [-0.15, -0.1) is 0 Å². The minimum atomic E-state index is -0.845. The van der Waals surface area contributed by atoms with Gasteiger partial charge in [0.1, 0.15) is 0 Å². The first-order valence-electron chi connectivity index (χ1n) is 5.58. The first-order valence-corrected chi connectivity index (χ1v) is 5.58. The monoisotopic (exact) mass is 254 g/mol. The molecule has 0 spiro atoms. The lowest BCUT2D eigenvalue weighted by Gasteiger charge is -2.04. The second-order valence-electron chi connectivity index (χ2n) is 3.85. The maximum Gasteiger partial charge on any atom is 0.334 e. The number of carbonyl (C=O) groups is 1. The smallest absolute Gasteiger partial charge is 0.334 e. The summed E-state index contributed by atoms with van der Waals surface area (Å²) in [6.45, 7) is 0.361. The summed E-state index contributed by atoms with van der Waals surface area (Å²) in [5.41, 5.74) is -1.07. The number of carboxylic acids is 1. The van der Waals surface area contributed by atoms with Crippen LogP contribution < -0.4 is 5.56 Å². The van der Waals surface area contributed by atoms with Crippen molar-refractivity contribution >= 4 is 11.7 Å². The normalized spacial score (nSPS) is 10.2. The number of carboxylic acid groups (broad SMARTS) is 1. The summed E-state index contributed by atoms with van der Waals surface area (Å²) in [5, 5.41) is 19.0. The lowest BCUT2D eigenvalue weighted by molar-refractivity contribution is -0.386. The Morgan fingerprint density at radius 1 is 1.39 bits per heavy atom. The van der Waals surface area contributed by atoms with Crippen molar-refractivity contribution in [3.05, 3.63) is 38.8 Å². The van der Waals surface area contributed by atoms with Gasteiger partial charge in [0.15, 0.2) is 0 Å². The average molecular weight is 254 g/mol. The Kier molecular flexibility index (Phi) is 5.04. The van der Waals surface area contributed by atoms with E-state index in [-0.39, 0.29) is 6.42 Å². The number of pyridine rings is 1. The minimum absolute atomic E-state index is 0.101. The zero-order chi connectivity index (χ0) is 13.5. The van der Waals surface area contributed by atoms with E-state index in [1.54, 1.807) is 0 Å². The number of aromatic nitrogens is 1. The second kappa shape index (κ2) is 6.53. The average Bonchev–Trinajstić information content (AvgIpc) is 2.30. The Morgan fingerprint density at radius 2 is 2.11 bits per heavy atom. The highest BCUT2D eigenvalue weighted by Gasteiger charge is 2.12. The van der Waals surface area contributed by atoms with Crippen molar-refractivity contribution in [2.75, 3.05) is 0 Å². The molecule has 0 aliphatic heterocycles. The Labute approximate surface area is 103 Å². The van der Waals surface area contributed by atoms with Crippen LogP contribution in [-0.2, 0) is 11.3 Å². The Balaban J connectivity index is 2.53. The molecule has 7 nitrogen and oxygen atoms in total. The standard InChI is InChI=1S/C11H14N2O5/c14-10(15)6-2-1-3-7-12-8-4-5-9(11(12)16)13(17)18/h4-5,8H,1-3,6-7H2,(H,14,15). The molecule has 0 aliphatic carbocycles. The van der Waals surface area contributed by atoms with E-state index < -0.39 is 22.1 Å². The van der Waals surface area contributed by atoms with E-state index in [0.717, 1.165) is 0 Å². The molecule has 0 bridgehead atoms. The topological polar surface area (TPSA) is 102 Å². The van der Waals surface area contributed by atoms with Gasteiger partial charge in [0.05, 0.1) is 4.92 Å². The molecular formula is C11H14N2O5. The first-order chi connectivity index (χ1) is 8.52. The quantitative estimate of drug-likeness (QED) is 0.450. The predicted molar refractivity (Wildman–Crippen MR) is 63.5 cm³/mol. The molecule has 1 aromatic heterocycles. The fourth-order valence-corrected chi connectivity index (χ4v) is 1.57. The first kappa shape index (κ1) is 13.9. The summed E-state index contributed by atoms with van der Waals surface area (Å²) in [7, 11) is 0. The third-order valence-corrected chi connectivity index (χ3v) is 2.49. The van der Waals surface area contributed by atoms with Crippen LogP contribution in [0.15, 0.2) is 23.1 Å². The highest BCUT2D eigenvalue weighted by Crippen LogP contribution is 2.04. The molecule has 1 aromatic rings. The largest absolute Gasteiger partial charge is 0.481 e. The Morgan fingerprint density at radius 3 is 2.72 bits per heavy atom. The molecule has 1 N–H and O–H groups in total. The van der Waals surface area contributed by atoms with Crippen LogP contribution in [0.1, 0.15) is 25.7 Å². The van der Waals surface area contributed by atoms with Crippen molar-refractivity contribution in [2.45, 2.75) is 32.2 Å². The van der Waals surface area contributed by atoms with Crippen molar-refractivity contribution < 1.29 is 14.8 Å². The summed E-state index contributed by atoms with van der Waals surface area (Å²) in [4.78, 5) is 31.7. The molecule has 0 aliphatic rings. The van der Waals surface area contributed by atoms with Crippen LogP contribution in [-0.4, -0.2) is 20.6 Å². The fraction of sp³-hybridized carbons (Fsp3) is 0.455. The van der Waals surface area contributed by atoms with E-state index in [0.29, 0.717) is 25.8 Å². The van der Waals surface area contributed by atoms with Crippen LogP contribution in [0.2, 0.25) is 0 Å². The molecule has 98 valence electrons. The zero-order valence-corrected chi connectivity index (χ0v) is 9.74. The highest BCUT2D eigenvalue weighted by atomic mass is 16.6. The molecule has 0 amide bonds. The molecule has 0 radical (unpaired) electrons. The van der Waals surface area contributed by atoms with Gasteiger partial charge in [0, 0.05) is 25.2 Å². The van der Waals surface area contributed by atoms with E-state index in [1.165, 1.54) is 22.9 Å². The summed E-state index contributed by atoms with van der Waals surface area (Å²) >= 11 is 0. The summed E-state index contributed by atoms with van der Waals surface area (Å²) < 4.78 is 1.28. The minimum Gasteiger partial charge on any atom is -0.481 e. The van der Waals surface area contributed by atoms with Gasteiger partial charge in [0.2, 0.25) is 0 Å². The molecule has 1 rings (SSSR count). The van der Waals surface area contributed by atoms with Gasteiger partial charge in [-0.1, -0.05) is 6.42 Å². The Bertz CT molecular complexity index is 494. The molecule has 18 heavy (non-hydrogen) atoms. The lowest BCUT2D eigenvalue weighted by Crippen LogP contribution is -2.21. The zero-order valence-electron chi connectivity index (χ0n) is 9.74. The number of unbranched alkanes of at least 4 members (excludes halogenated alkanes) is 2. The van der Waals surface area contributed by atoms with Gasteiger partial charge in [-0.2, -0.15) is 0 Å². The second-order valence-corrected chi connectivity index (χ2v) is 3.85. The van der Waals surface area contributed by atoms with Gasteiger partial charge >= 0.3 is 17.2 Å².